The lowest BCUT2D eigenvalue weighted by molar-refractivity contribution is -0.295. The van der Waals surface area contributed by atoms with Crippen molar-refractivity contribution in [1.82, 2.24) is 30.2 Å². The first-order valence-corrected chi connectivity index (χ1v) is 21.4. The fourth-order valence-corrected chi connectivity index (χ4v) is 9.92. The molecule has 6 rings (SSSR count). The predicted octanol–water partition coefficient (Wildman–Crippen LogP) is 3.88. The number of likely N-dealkylation sites (N-methyl/N-ethyl adjacent to an activating group) is 1. The van der Waals surface area contributed by atoms with E-state index in [2.05, 4.69) is 22.7 Å². The molecule has 4 aliphatic heterocycles. The number of hydrogen-bond acceptors (Lipinski definition) is 15. The van der Waals surface area contributed by atoms with Gasteiger partial charge in [-0.2, -0.15) is 5.10 Å². The first-order chi connectivity index (χ1) is 28.4. The molecule has 1 amide bonds. The molecule has 1 aromatic carbocycles. The van der Waals surface area contributed by atoms with E-state index in [1.807, 2.05) is 77.2 Å². The summed E-state index contributed by atoms with van der Waals surface area (Å²) in [5, 5.41) is 25.0. The van der Waals surface area contributed by atoms with Gasteiger partial charge in [0.25, 0.3) is 0 Å². The summed E-state index contributed by atoms with van der Waals surface area (Å²) in [6.07, 6.45) is -0.178. The average molecular weight is 839 g/mol. The maximum Gasteiger partial charge on any atom is 0.410 e. The fraction of sp³-hybridized carbons (Fsp3) is 0.721. The van der Waals surface area contributed by atoms with Crippen LogP contribution in [0.5, 0.6) is 0 Å². The summed E-state index contributed by atoms with van der Waals surface area (Å²) in [4.78, 5) is 46.2. The van der Waals surface area contributed by atoms with E-state index in [-0.39, 0.29) is 24.0 Å². The third-order valence-corrected chi connectivity index (χ3v) is 13.3. The van der Waals surface area contributed by atoms with Crippen molar-refractivity contribution in [3.63, 3.8) is 0 Å². The van der Waals surface area contributed by atoms with Gasteiger partial charge in [0, 0.05) is 61.6 Å². The van der Waals surface area contributed by atoms with Crippen LogP contribution in [0.4, 0.5) is 10.5 Å². The van der Waals surface area contributed by atoms with Crippen LogP contribution in [0.3, 0.4) is 0 Å². The van der Waals surface area contributed by atoms with Gasteiger partial charge in [-0.05, 0) is 91.9 Å². The number of carbonyl (C=O) groups is 3. The Hall–Kier alpha value is -4.16. The van der Waals surface area contributed by atoms with Gasteiger partial charge in [0.1, 0.15) is 23.8 Å². The smallest absolute Gasteiger partial charge is 0.410 e. The molecular formula is C43H66N8O9. The number of nitrogen functional groups attached to an aromatic ring is 1. The number of nitrogens with one attached hydrogen (secondary N) is 1. The molecule has 13 atom stereocenters. The summed E-state index contributed by atoms with van der Waals surface area (Å²) in [6, 6.07) is 6.66. The number of amides is 1. The van der Waals surface area contributed by atoms with Crippen molar-refractivity contribution in [2.75, 3.05) is 40.0 Å². The number of ether oxygens (including phenoxy) is 5. The third-order valence-electron chi connectivity index (χ3n) is 13.3. The summed E-state index contributed by atoms with van der Waals surface area (Å²) in [5.74, 6) is -3.79. The second-order valence-corrected chi connectivity index (χ2v) is 17.9. The first-order valence-electron chi connectivity index (χ1n) is 21.4. The summed E-state index contributed by atoms with van der Waals surface area (Å²) in [5.41, 5.74) is 9.81. The highest BCUT2D eigenvalue weighted by Gasteiger charge is 2.61. The SMILES string of the molecule is CC[C@H]1OC(=O)[C@H](C)C(=O)[C@H](C)[C@@H](O[C@@H]2OC(C)CC(N(C)C)C2O)[C@](C)(OC)C[C@@H](C)C2=NNC[C@@H]2[C@H]2N(CCCCn3cc(-c4cccc(N)c4)nn3)C(=O)O[C@]12C. The minimum absolute atomic E-state index is 0.230. The van der Waals surface area contributed by atoms with Crippen LogP contribution in [0.2, 0.25) is 0 Å². The number of hydrogen-bond donors (Lipinski definition) is 3. The van der Waals surface area contributed by atoms with Crippen molar-refractivity contribution < 1.29 is 43.2 Å². The minimum atomic E-state index is -1.28. The Bertz CT molecular complexity index is 1880. The number of benzene rings is 1. The van der Waals surface area contributed by atoms with E-state index in [4.69, 9.17) is 34.5 Å². The molecule has 3 saturated heterocycles. The number of nitrogens with zero attached hydrogens (tertiary/aromatic N) is 6. The summed E-state index contributed by atoms with van der Waals surface area (Å²) >= 11 is 0. The molecule has 17 nitrogen and oxygen atoms in total. The van der Waals surface area contributed by atoms with E-state index in [1.54, 1.807) is 23.6 Å². The van der Waals surface area contributed by atoms with E-state index in [0.29, 0.717) is 57.4 Å². The van der Waals surface area contributed by atoms with Crippen molar-refractivity contribution in [2.24, 2.45) is 28.8 Å². The third kappa shape index (κ3) is 9.06. The van der Waals surface area contributed by atoms with Gasteiger partial charge in [0.2, 0.25) is 0 Å². The van der Waals surface area contributed by atoms with E-state index in [9.17, 15) is 19.5 Å². The summed E-state index contributed by atoms with van der Waals surface area (Å²) in [6.45, 7) is 14.2. The van der Waals surface area contributed by atoms with Crippen molar-refractivity contribution >= 4 is 29.2 Å². The number of nitrogens with two attached hydrogens (primary N) is 1. The van der Waals surface area contributed by atoms with E-state index >= 15 is 0 Å². The molecule has 3 unspecified atom stereocenters. The number of hydrazone groups is 1. The lowest BCUT2D eigenvalue weighted by atomic mass is 9.72. The minimum Gasteiger partial charge on any atom is -0.458 e. The van der Waals surface area contributed by atoms with Gasteiger partial charge in [0.05, 0.1) is 30.0 Å². The highest BCUT2D eigenvalue weighted by molar-refractivity contribution is 6.00. The predicted molar refractivity (Wildman–Crippen MR) is 223 cm³/mol. The maximum atomic E-state index is 14.4. The molecule has 1 aromatic heterocycles. The quantitative estimate of drug-likeness (QED) is 0.127. The highest BCUT2D eigenvalue weighted by atomic mass is 16.7. The maximum absolute atomic E-state index is 14.4. The number of carbonyl (C=O) groups excluding carboxylic acids is 3. The zero-order chi connectivity index (χ0) is 43.7. The molecule has 5 heterocycles. The van der Waals surface area contributed by atoms with Crippen LogP contribution in [0.25, 0.3) is 11.3 Å². The average Bonchev–Trinajstić information content (AvgIpc) is 3.95. The Balaban J connectivity index is 1.29. The number of aliphatic hydroxyl groups is 1. The molecular weight excluding hydrogens is 773 g/mol. The van der Waals surface area contributed by atoms with Gasteiger partial charge in [-0.1, -0.05) is 38.1 Å². The number of fused-ring (bicyclic) bond motifs is 3. The Kier molecular flexibility index (Phi) is 13.9. The van der Waals surface area contributed by atoms with E-state index in [1.165, 1.54) is 6.92 Å². The van der Waals surface area contributed by atoms with Crippen LogP contribution in [-0.4, -0.2) is 142 Å². The van der Waals surface area contributed by atoms with Crippen LogP contribution in [0.1, 0.15) is 80.6 Å². The number of rotatable bonds is 11. The molecule has 4 aliphatic rings. The molecule has 332 valence electrons. The van der Waals surface area contributed by atoms with Crippen molar-refractivity contribution in [2.45, 2.75) is 141 Å². The lowest BCUT2D eigenvalue weighted by Crippen LogP contribution is -2.60. The van der Waals surface area contributed by atoms with Crippen LogP contribution < -0.4 is 11.2 Å². The molecule has 0 saturated carbocycles. The largest absolute Gasteiger partial charge is 0.458 e. The van der Waals surface area contributed by atoms with Crippen LogP contribution >= 0.6 is 0 Å². The number of esters is 1. The molecule has 3 fully saturated rings. The van der Waals surface area contributed by atoms with Gasteiger partial charge in [-0.25, -0.2) is 4.79 Å². The number of methoxy groups -OCH3 is 1. The second-order valence-electron chi connectivity index (χ2n) is 17.9. The topological polar surface area (TPSA) is 205 Å². The molecule has 60 heavy (non-hydrogen) atoms. The number of Topliss-reactive ketones (excluding diaryl/α,β-unsaturated/α-hetero) is 1. The van der Waals surface area contributed by atoms with Crippen LogP contribution in [0.15, 0.2) is 35.6 Å². The Morgan fingerprint density at radius 2 is 1.83 bits per heavy atom. The zero-order valence-electron chi connectivity index (χ0n) is 36.9. The van der Waals surface area contributed by atoms with Gasteiger partial charge < -0.3 is 49.8 Å². The molecule has 17 heteroatoms. The van der Waals surface area contributed by atoms with Gasteiger partial charge >= 0.3 is 12.1 Å². The Labute approximate surface area is 353 Å². The number of cyclic esters (lactones) is 1. The van der Waals surface area contributed by atoms with Gasteiger partial charge in [-0.3, -0.25) is 14.3 Å². The van der Waals surface area contributed by atoms with Crippen molar-refractivity contribution in [3.05, 3.63) is 30.5 Å². The number of aryl methyl sites for hydroxylation is 1. The van der Waals surface area contributed by atoms with Crippen LogP contribution in [-0.2, 0) is 39.8 Å². The number of ketones is 1. The highest BCUT2D eigenvalue weighted by Crippen LogP contribution is 2.44. The zero-order valence-corrected chi connectivity index (χ0v) is 36.9. The Morgan fingerprint density at radius 3 is 2.52 bits per heavy atom. The van der Waals surface area contributed by atoms with E-state index in [0.717, 1.165) is 17.0 Å². The number of aromatic nitrogens is 3. The molecule has 0 radical (unpaired) electrons. The molecule has 0 aliphatic carbocycles. The number of aliphatic hydroxyl groups excluding tert-OH is 1. The normalized spacial score (nSPS) is 36.5. The molecule has 0 spiro atoms. The molecule has 4 N–H and O–H groups in total. The van der Waals surface area contributed by atoms with Crippen molar-refractivity contribution in [3.8, 4) is 11.3 Å². The molecule has 2 aromatic rings. The first kappa shape index (κ1) is 45.4. The second kappa shape index (κ2) is 18.4. The Morgan fingerprint density at radius 1 is 1.10 bits per heavy atom. The van der Waals surface area contributed by atoms with E-state index < -0.39 is 71.5 Å². The standard InChI is InChI=1S/C43H66N8O9/c1-11-33-43(7)37(51(41(55)60-43)18-13-12-17-50-23-31(46-48-50)28-15-14-16-29(44)20-28)30-22-45-47-34(30)24(2)21-42(6,56-10)38(26(4)35(52)27(5)39(54)58-33)59-40-36(53)32(49(8)9)19-25(3)57-40/h14-16,20,23-27,30,32-33,36-38,40,45,53H,11-13,17-19,21-22,44H2,1-10H3/t24-,25?,26+,27-,30+,32?,33-,36?,37-,38-,40+,42-,43-/m1/s1. The number of anilines is 1. The van der Waals surface area contributed by atoms with Gasteiger partial charge in [0.15, 0.2) is 17.7 Å². The fourth-order valence-electron chi connectivity index (χ4n) is 9.92. The summed E-state index contributed by atoms with van der Waals surface area (Å²) < 4.78 is 33.6. The molecule has 0 bridgehead atoms. The van der Waals surface area contributed by atoms with Gasteiger partial charge in [-0.15, -0.1) is 5.10 Å². The lowest BCUT2D eigenvalue weighted by Gasteiger charge is -2.47. The van der Waals surface area contributed by atoms with Crippen molar-refractivity contribution in [1.29, 1.82) is 0 Å². The number of unbranched alkanes of at least 4 members (excludes halogenated alkanes) is 1. The monoisotopic (exact) mass is 838 g/mol. The van der Waals surface area contributed by atoms with Crippen LogP contribution in [0, 0.1) is 23.7 Å². The summed E-state index contributed by atoms with van der Waals surface area (Å²) in [7, 11) is 5.37.